The first kappa shape index (κ1) is 60.8. The van der Waals surface area contributed by atoms with Gasteiger partial charge in [-0.15, -0.1) is 0 Å². The average molecular weight is 933 g/mol. The molecule has 1 aliphatic carbocycles. The van der Waals surface area contributed by atoms with E-state index in [4.69, 9.17) is 18.5 Å². The third-order valence-electron chi connectivity index (χ3n) is 12.3. The number of phosphoric acid groups is 1. The molecule has 1 saturated carbocycles. The van der Waals surface area contributed by atoms with Crippen LogP contribution in [0, 0.1) is 0 Å². The fourth-order valence-corrected chi connectivity index (χ4v) is 9.08. The SMILES string of the molecule is CCCCCCCC/C=C\CCCCCCCC(=O)OC(COCCCCCCCCCCCC/C=C\CCCCCCCCCC)COP(=O)(O)OC1C(O)C(O)C(O)C(O)C1O. The number of aliphatic hydroxyl groups excluding tert-OH is 5. The highest BCUT2D eigenvalue weighted by Crippen LogP contribution is 2.47. The van der Waals surface area contributed by atoms with Gasteiger partial charge in [0.2, 0.25) is 0 Å². The molecule has 6 unspecified atom stereocenters. The Kier molecular flexibility index (Phi) is 39.9. The molecular weight excluding hydrogens is 836 g/mol. The second-order valence-electron chi connectivity index (χ2n) is 18.4. The standard InChI is InChI=1S/C51H97O12P/c1-3-5-7-9-11-13-15-17-19-20-21-22-23-24-25-27-29-31-33-35-37-39-41-60-42-44(43-61-64(58,59)63-51-49(56)47(54)46(53)48(55)50(51)57)62-45(52)40-38-36-34-32-30-28-26-18-16-14-12-10-8-6-4-2/h18,20-21,26,44,46-51,53-57H,3-17,19,22-25,27-43H2,1-2H3,(H,58,59)/b21-20-,26-18-. The summed E-state index contributed by atoms with van der Waals surface area (Å²) in [6, 6.07) is 0. The highest BCUT2D eigenvalue weighted by atomic mass is 31.2. The summed E-state index contributed by atoms with van der Waals surface area (Å²) in [5.74, 6) is -0.483. The average Bonchev–Trinajstić information content (AvgIpc) is 3.28. The van der Waals surface area contributed by atoms with Gasteiger partial charge in [-0.05, 0) is 64.2 Å². The normalized spacial score (nSPS) is 21.8. The molecule has 0 bridgehead atoms. The third-order valence-corrected chi connectivity index (χ3v) is 13.3. The minimum Gasteiger partial charge on any atom is -0.457 e. The molecule has 13 heteroatoms. The Morgan fingerprint density at radius 2 is 0.828 bits per heavy atom. The van der Waals surface area contributed by atoms with Gasteiger partial charge in [-0.3, -0.25) is 13.8 Å². The zero-order valence-corrected chi connectivity index (χ0v) is 41.5. The lowest BCUT2D eigenvalue weighted by Gasteiger charge is -2.41. The zero-order valence-electron chi connectivity index (χ0n) is 40.6. The molecule has 0 aliphatic heterocycles. The van der Waals surface area contributed by atoms with Gasteiger partial charge in [0.25, 0.3) is 0 Å². The van der Waals surface area contributed by atoms with Crippen LogP contribution >= 0.6 is 7.82 Å². The summed E-state index contributed by atoms with van der Waals surface area (Å²) in [6.07, 6.45) is 36.8. The molecule has 0 saturated heterocycles. The fourth-order valence-electron chi connectivity index (χ4n) is 8.11. The number of phosphoric ester groups is 1. The second-order valence-corrected chi connectivity index (χ2v) is 19.8. The number of hydrogen-bond acceptors (Lipinski definition) is 11. The van der Waals surface area contributed by atoms with E-state index in [0.717, 1.165) is 57.8 Å². The molecule has 6 N–H and O–H groups in total. The maximum absolute atomic E-state index is 12.8. The minimum atomic E-state index is -5.02. The molecule has 1 rings (SSSR count). The summed E-state index contributed by atoms with van der Waals surface area (Å²) in [7, 11) is -5.02. The number of aliphatic hydroxyl groups is 5. The van der Waals surface area contributed by atoms with E-state index in [1.165, 1.54) is 148 Å². The van der Waals surface area contributed by atoms with Crippen LogP contribution in [0.25, 0.3) is 0 Å². The number of unbranched alkanes of at least 4 members (excludes halogenated alkanes) is 29. The first-order valence-electron chi connectivity index (χ1n) is 26.2. The van der Waals surface area contributed by atoms with Crippen molar-refractivity contribution < 1.29 is 58.3 Å². The maximum atomic E-state index is 12.8. The van der Waals surface area contributed by atoms with Crippen molar-refractivity contribution in [3.63, 3.8) is 0 Å². The molecule has 0 heterocycles. The first-order valence-corrected chi connectivity index (χ1v) is 27.7. The van der Waals surface area contributed by atoms with Gasteiger partial charge in [-0.2, -0.15) is 0 Å². The zero-order chi connectivity index (χ0) is 46.9. The molecule has 0 amide bonds. The van der Waals surface area contributed by atoms with E-state index in [9.17, 15) is 39.8 Å². The molecule has 378 valence electrons. The Balaban J connectivity index is 2.31. The number of allylic oxidation sites excluding steroid dienone is 4. The van der Waals surface area contributed by atoms with Crippen molar-refractivity contribution in [3.05, 3.63) is 24.3 Å². The smallest absolute Gasteiger partial charge is 0.457 e. The Labute approximate surface area is 390 Å². The van der Waals surface area contributed by atoms with E-state index in [0.29, 0.717) is 13.0 Å². The van der Waals surface area contributed by atoms with Crippen molar-refractivity contribution in [1.82, 2.24) is 0 Å². The summed E-state index contributed by atoms with van der Waals surface area (Å²) in [4.78, 5) is 23.2. The number of carbonyl (C=O) groups is 1. The molecule has 0 radical (unpaired) electrons. The van der Waals surface area contributed by atoms with E-state index in [2.05, 4.69) is 38.2 Å². The van der Waals surface area contributed by atoms with E-state index in [1.807, 2.05) is 0 Å². The van der Waals surface area contributed by atoms with Crippen molar-refractivity contribution in [2.45, 2.75) is 275 Å². The molecule has 0 aromatic heterocycles. The predicted molar refractivity (Wildman–Crippen MR) is 258 cm³/mol. The highest BCUT2D eigenvalue weighted by molar-refractivity contribution is 7.47. The lowest BCUT2D eigenvalue weighted by molar-refractivity contribution is -0.220. The summed E-state index contributed by atoms with van der Waals surface area (Å²) < 4.78 is 34.3. The van der Waals surface area contributed by atoms with Crippen LogP contribution in [0.15, 0.2) is 24.3 Å². The van der Waals surface area contributed by atoms with Crippen LogP contribution < -0.4 is 0 Å². The molecular formula is C51H97O12P. The number of carbonyl (C=O) groups excluding carboxylic acids is 1. The van der Waals surface area contributed by atoms with E-state index in [1.54, 1.807) is 0 Å². The first-order chi connectivity index (χ1) is 31.0. The van der Waals surface area contributed by atoms with Crippen LogP contribution in [-0.4, -0.2) is 98.9 Å². The fraction of sp³-hybridized carbons (Fsp3) is 0.902. The van der Waals surface area contributed by atoms with Crippen LogP contribution in [0.2, 0.25) is 0 Å². The molecule has 1 fully saturated rings. The molecule has 6 atom stereocenters. The number of esters is 1. The van der Waals surface area contributed by atoms with Crippen LogP contribution in [0.5, 0.6) is 0 Å². The van der Waals surface area contributed by atoms with Crippen molar-refractivity contribution in [3.8, 4) is 0 Å². The summed E-state index contributed by atoms with van der Waals surface area (Å²) in [5, 5.41) is 50.3. The van der Waals surface area contributed by atoms with Crippen LogP contribution in [-0.2, 0) is 27.9 Å². The molecule has 64 heavy (non-hydrogen) atoms. The van der Waals surface area contributed by atoms with Gasteiger partial charge >= 0.3 is 13.8 Å². The lowest BCUT2D eigenvalue weighted by atomic mass is 9.85. The summed E-state index contributed by atoms with van der Waals surface area (Å²) in [5.41, 5.74) is 0. The Morgan fingerprint density at radius 1 is 0.484 bits per heavy atom. The molecule has 0 spiro atoms. The number of rotatable bonds is 45. The molecule has 12 nitrogen and oxygen atoms in total. The number of hydrogen-bond donors (Lipinski definition) is 6. The Morgan fingerprint density at radius 3 is 1.23 bits per heavy atom. The lowest BCUT2D eigenvalue weighted by Crippen LogP contribution is -2.64. The predicted octanol–water partition coefficient (Wildman–Crippen LogP) is 11.7. The second kappa shape index (κ2) is 42.0. The quantitative estimate of drug-likeness (QED) is 0.0147. The van der Waals surface area contributed by atoms with Crippen LogP contribution in [0.4, 0.5) is 0 Å². The Hall–Kier alpha value is -1.18. The van der Waals surface area contributed by atoms with Crippen LogP contribution in [0.3, 0.4) is 0 Å². The van der Waals surface area contributed by atoms with Crippen LogP contribution in [0.1, 0.15) is 232 Å². The summed E-state index contributed by atoms with van der Waals surface area (Å²) >= 11 is 0. The van der Waals surface area contributed by atoms with E-state index in [-0.39, 0.29) is 13.0 Å². The van der Waals surface area contributed by atoms with Gasteiger partial charge in [0.05, 0.1) is 13.2 Å². The molecule has 0 aromatic rings. The molecule has 0 aromatic carbocycles. The Bertz CT molecular complexity index is 1150. The van der Waals surface area contributed by atoms with Crippen molar-refractivity contribution in [2.24, 2.45) is 0 Å². The monoisotopic (exact) mass is 933 g/mol. The minimum absolute atomic E-state index is 0.0779. The van der Waals surface area contributed by atoms with Crippen molar-refractivity contribution >= 4 is 13.8 Å². The topological polar surface area (TPSA) is 192 Å². The van der Waals surface area contributed by atoms with Crippen molar-refractivity contribution in [1.29, 1.82) is 0 Å². The maximum Gasteiger partial charge on any atom is 0.472 e. The third kappa shape index (κ3) is 33.3. The van der Waals surface area contributed by atoms with Gasteiger partial charge in [-0.1, -0.05) is 186 Å². The highest BCUT2D eigenvalue weighted by Gasteiger charge is 2.51. The molecule has 1 aliphatic rings. The van der Waals surface area contributed by atoms with Gasteiger partial charge in [0.1, 0.15) is 42.7 Å². The largest absolute Gasteiger partial charge is 0.472 e. The van der Waals surface area contributed by atoms with E-state index >= 15 is 0 Å². The number of ether oxygens (including phenoxy) is 2. The van der Waals surface area contributed by atoms with Gasteiger partial charge < -0.3 is 39.9 Å². The van der Waals surface area contributed by atoms with Gasteiger partial charge in [0.15, 0.2) is 0 Å². The van der Waals surface area contributed by atoms with E-state index < -0.39 is 63.1 Å². The van der Waals surface area contributed by atoms with Gasteiger partial charge in [-0.25, -0.2) is 4.57 Å². The summed E-state index contributed by atoms with van der Waals surface area (Å²) in [6.45, 7) is 4.27. The van der Waals surface area contributed by atoms with Gasteiger partial charge in [0, 0.05) is 13.0 Å². The van der Waals surface area contributed by atoms with Crippen molar-refractivity contribution in [2.75, 3.05) is 19.8 Å².